The fourth-order valence-corrected chi connectivity index (χ4v) is 4.24. The smallest absolute Gasteiger partial charge is 0.225 e. The Morgan fingerprint density at radius 1 is 1.27 bits per heavy atom. The lowest BCUT2D eigenvalue weighted by molar-refractivity contribution is -0.122. The van der Waals surface area contributed by atoms with Crippen molar-refractivity contribution in [2.75, 3.05) is 17.2 Å². The van der Waals surface area contributed by atoms with Gasteiger partial charge in [-0.1, -0.05) is 11.6 Å². The summed E-state index contributed by atoms with van der Waals surface area (Å²) in [6, 6.07) is 1.61. The van der Waals surface area contributed by atoms with Crippen molar-refractivity contribution >= 4 is 46.3 Å². The Bertz CT molecular complexity index is 1160. The first-order valence-corrected chi connectivity index (χ1v) is 11.0. The number of primary amides is 1. The van der Waals surface area contributed by atoms with Crippen molar-refractivity contribution in [2.45, 2.75) is 44.7 Å². The first-order valence-electron chi connectivity index (χ1n) is 10.6. The van der Waals surface area contributed by atoms with Crippen LogP contribution in [0.2, 0.25) is 5.02 Å². The van der Waals surface area contributed by atoms with Gasteiger partial charge in [0.2, 0.25) is 17.8 Å². The number of aliphatic hydroxyl groups excluding tert-OH is 1. The predicted octanol–water partition coefficient (Wildman–Crippen LogP) is 3.51. The molecule has 2 aromatic heterocycles. The molecule has 1 unspecified atom stereocenters. The number of carbonyl (C=O) groups excluding carboxylic acids is 1. The number of halogens is 3. The number of aliphatic hydroxyl groups is 1. The molecule has 0 radical (unpaired) electrons. The summed E-state index contributed by atoms with van der Waals surface area (Å²) in [6.45, 7) is 1.66. The van der Waals surface area contributed by atoms with E-state index in [1.165, 1.54) is 6.20 Å². The van der Waals surface area contributed by atoms with E-state index in [2.05, 4.69) is 25.6 Å². The van der Waals surface area contributed by atoms with E-state index in [1.54, 1.807) is 11.5 Å². The number of carbonyl (C=O) groups is 1. The number of aromatic nitrogens is 4. The van der Waals surface area contributed by atoms with E-state index in [0.29, 0.717) is 36.8 Å². The SMILES string of the molecule is CC(CO)Nc1ncc2nc(Nc3c(F)cc(Cl)cc3F)n([C@H]3CC[C@@H](C(N)=O)CC3)c2n1. The van der Waals surface area contributed by atoms with Gasteiger partial charge < -0.3 is 21.5 Å². The zero-order valence-electron chi connectivity index (χ0n) is 17.9. The number of amides is 1. The van der Waals surface area contributed by atoms with Crippen LogP contribution in [0.4, 0.5) is 26.4 Å². The summed E-state index contributed by atoms with van der Waals surface area (Å²) in [5.74, 6) is -1.79. The molecule has 1 aliphatic carbocycles. The number of benzene rings is 1. The third-order valence-corrected chi connectivity index (χ3v) is 6.01. The minimum atomic E-state index is -0.860. The molecule has 0 saturated heterocycles. The Kier molecular flexibility index (Phi) is 6.61. The van der Waals surface area contributed by atoms with Crippen LogP contribution in [0, 0.1) is 17.6 Å². The van der Waals surface area contributed by atoms with Crippen molar-refractivity contribution in [1.82, 2.24) is 19.5 Å². The van der Waals surface area contributed by atoms with Crippen molar-refractivity contribution in [1.29, 1.82) is 0 Å². The number of imidazole rings is 1. The zero-order chi connectivity index (χ0) is 23.7. The number of nitrogens with two attached hydrogens (primary N) is 1. The molecule has 3 aromatic rings. The average Bonchev–Trinajstić information content (AvgIpc) is 3.13. The molecule has 1 saturated carbocycles. The Balaban J connectivity index is 1.77. The van der Waals surface area contributed by atoms with Gasteiger partial charge in [0.05, 0.1) is 12.8 Å². The van der Waals surface area contributed by atoms with E-state index in [0.717, 1.165) is 12.1 Å². The van der Waals surface area contributed by atoms with Gasteiger partial charge in [0.15, 0.2) is 17.3 Å². The second-order valence-electron chi connectivity index (χ2n) is 8.21. The molecule has 0 spiro atoms. The lowest BCUT2D eigenvalue weighted by atomic mass is 9.85. The Morgan fingerprint density at radius 3 is 2.55 bits per heavy atom. The molecule has 1 aromatic carbocycles. The number of rotatable bonds is 7. The van der Waals surface area contributed by atoms with Crippen molar-refractivity contribution in [3.8, 4) is 0 Å². The summed E-state index contributed by atoms with van der Waals surface area (Å²) in [7, 11) is 0. The van der Waals surface area contributed by atoms with Gasteiger partial charge >= 0.3 is 0 Å². The largest absolute Gasteiger partial charge is 0.394 e. The van der Waals surface area contributed by atoms with Crippen molar-refractivity contribution in [3.63, 3.8) is 0 Å². The van der Waals surface area contributed by atoms with Gasteiger partial charge in [0, 0.05) is 23.0 Å². The van der Waals surface area contributed by atoms with Crippen molar-refractivity contribution in [3.05, 3.63) is 35.0 Å². The molecule has 176 valence electrons. The molecule has 1 fully saturated rings. The summed E-state index contributed by atoms with van der Waals surface area (Å²) in [5, 5.41) is 15.0. The molecule has 5 N–H and O–H groups in total. The van der Waals surface area contributed by atoms with E-state index < -0.39 is 11.6 Å². The number of hydrogen-bond acceptors (Lipinski definition) is 7. The summed E-state index contributed by atoms with van der Waals surface area (Å²) >= 11 is 5.74. The quantitative estimate of drug-likeness (QED) is 0.407. The summed E-state index contributed by atoms with van der Waals surface area (Å²) < 4.78 is 30.7. The van der Waals surface area contributed by atoms with Crippen LogP contribution in [-0.4, -0.2) is 43.2 Å². The lowest BCUT2D eigenvalue weighted by Gasteiger charge is -2.29. The predicted molar refractivity (Wildman–Crippen MR) is 120 cm³/mol. The minimum absolute atomic E-state index is 0.0617. The Labute approximate surface area is 193 Å². The number of hydrogen-bond donors (Lipinski definition) is 4. The third kappa shape index (κ3) is 4.83. The maximum absolute atomic E-state index is 14.5. The number of fused-ring (bicyclic) bond motifs is 1. The normalized spacial score (nSPS) is 19.4. The average molecular weight is 480 g/mol. The second-order valence-corrected chi connectivity index (χ2v) is 8.65. The molecule has 12 heteroatoms. The molecular formula is C21H24ClF2N7O2. The van der Waals surface area contributed by atoms with Crippen molar-refractivity contribution < 1.29 is 18.7 Å². The highest BCUT2D eigenvalue weighted by atomic mass is 35.5. The van der Waals surface area contributed by atoms with E-state index in [4.69, 9.17) is 17.3 Å². The summed E-state index contributed by atoms with van der Waals surface area (Å²) in [6.07, 6.45) is 3.89. The van der Waals surface area contributed by atoms with Crippen LogP contribution in [0.15, 0.2) is 18.3 Å². The minimum Gasteiger partial charge on any atom is -0.394 e. The third-order valence-electron chi connectivity index (χ3n) is 5.79. The first-order chi connectivity index (χ1) is 15.8. The highest BCUT2D eigenvalue weighted by molar-refractivity contribution is 6.30. The molecule has 1 amide bonds. The molecule has 1 atom stereocenters. The molecule has 0 aliphatic heterocycles. The van der Waals surface area contributed by atoms with Crippen LogP contribution in [0.3, 0.4) is 0 Å². The fraction of sp³-hybridized carbons (Fsp3) is 0.429. The van der Waals surface area contributed by atoms with Gasteiger partial charge in [0.1, 0.15) is 11.2 Å². The molecule has 9 nitrogen and oxygen atoms in total. The molecular weight excluding hydrogens is 456 g/mol. The highest BCUT2D eigenvalue weighted by Crippen LogP contribution is 2.37. The van der Waals surface area contributed by atoms with Crippen LogP contribution in [0.5, 0.6) is 0 Å². The van der Waals surface area contributed by atoms with Crippen LogP contribution in [-0.2, 0) is 4.79 Å². The van der Waals surface area contributed by atoms with Crippen LogP contribution in [0.1, 0.15) is 38.6 Å². The van der Waals surface area contributed by atoms with Crippen LogP contribution in [0.25, 0.3) is 11.2 Å². The summed E-state index contributed by atoms with van der Waals surface area (Å²) in [5.41, 5.74) is 5.96. The number of nitrogens with zero attached hydrogens (tertiary/aromatic N) is 4. The van der Waals surface area contributed by atoms with E-state index in [1.807, 2.05) is 0 Å². The molecule has 0 bridgehead atoms. The maximum Gasteiger partial charge on any atom is 0.225 e. The van der Waals surface area contributed by atoms with Gasteiger partial charge in [-0.05, 0) is 44.7 Å². The molecule has 33 heavy (non-hydrogen) atoms. The Hall–Kier alpha value is -3.05. The second kappa shape index (κ2) is 9.44. The van der Waals surface area contributed by atoms with Gasteiger partial charge in [-0.3, -0.25) is 9.36 Å². The summed E-state index contributed by atoms with van der Waals surface area (Å²) in [4.78, 5) is 24.8. The van der Waals surface area contributed by atoms with Crippen molar-refractivity contribution in [2.24, 2.45) is 11.7 Å². The van der Waals surface area contributed by atoms with E-state index >= 15 is 0 Å². The lowest BCUT2D eigenvalue weighted by Crippen LogP contribution is -2.29. The van der Waals surface area contributed by atoms with Gasteiger partial charge in [0.25, 0.3) is 0 Å². The monoisotopic (exact) mass is 479 g/mol. The molecule has 1 aliphatic rings. The fourth-order valence-electron chi connectivity index (χ4n) is 4.05. The molecule has 2 heterocycles. The standard InChI is InChI=1S/C21H24ClF2N7O2/c1-10(9-32)27-20-26-8-16-19(30-20)31(13-4-2-11(3-5-13)18(25)33)21(28-16)29-17-14(23)6-12(22)7-15(17)24/h6-8,10-11,13,32H,2-5,9H2,1H3,(H2,25,33)(H,28,29)(H,26,27,30)/t10?,11-,13+. The molecule has 4 rings (SSSR count). The van der Waals surface area contributed by atoms with E-state index in [-0.39, 0.29) is 53.1 Å². The van der Waals surface area contributed by atoms with Gasteiger partial charge in [-0.2, -0.15) is 4.98 Å². The van der Waals surface area contributed by atoms with Crippen LogP contribution >= 0.6 is 11.6 Å². The van der Waals surface area contributed by atoms with Crippen LogP contribution < -0.4 is 16.4 Å². The van der Waals surface area contributed by atoms with Gasteiger partial charge in [-0.15, -0.1) is 0 Å². The highest BCUT2D eigenvalue weighted by Gasteiger charge is 2.29. The maximum atomic E-state index is 14.5. The Morgan fingerprint density at radius 2 is 1.94 bits per heavy atom. The van der Waals surface area contributed by atoms with Gasteiger partial charge in [-0.25, -0.2) is 18.7 Å². The number of nitrogens with one attached hydrogen (secondary N) is 2. The topological polar surface area (TPSA) is 131 Å². The number of anilines is 3. The zero-order valence-corrected chi connectivity index (χ0v) is 18.6. The first kappa shape index (κ1) is 23.1. The van der Waals surface area contributed by atoms with E-state index in [9.17, 15) is 18.7 Å².